The van der Waals surface area contributed by atoms with Gasteiger partial charge in [-0.3, -0.25) is 4.79 Å². The fourth-order valence-electron chi connectivity index (χ4n) is 7.18. The van der Waals surface area contributed by atoms with Gasteiger partial charge in [0, 0.05) is 5.92 Å². The summed E-state index contributed by atoms with van der Waals surface area (Å²) < 4.78 is 0. The highest BCUT2D eigenvalue weighted by Gasteiger charge is 2.56. The first-order chi connectivity index (χ1) is 11.0. The lowest BCUT2D eigenvalue weighted by atomic mass is 9.45. The van der Waals surface area contributed by atoms with E-state index in [0.29, 0.717) is 0 Å². The number of carbonyl (C=O) groups is 1. The van der Waals surface area contributed by atoms with E-state index in [0.717, 1.165) is 43.4 Å². The zero-order valence-corrected chi connectivity index (χ0v) is 14.5. The van der Waals surface area contributed by atoms with Gasteiger partial charge in [-0.2, -0.15) is 0 Å². The van der Waals surface area contributed by atoms with Crippen molar-refractivity contribution >= 4 is 12.7 Å². The van der Waals surface area contributed by atoms with Crippen molar-refractivity contribution in [1.82, 2.24) is 0 Å². The van der Waals surface area contributed by atoms with Crippen molar-refractivity contribution in [1.29, 1.82) is 0 Å². The summed E-state index contributed by atoms with van der Waals surface area (Å²) >= 11 is 0. The van der Waals surface area contributed by atoms with Crippen LogP contribution in [0.5, 0.6) is 0 Å². The molecule has 5 aliphatic carbocycles. The Morgan fingerprint density at radius 1 is 1.09 bits per heavy atom. The van der Waals surface area contributed by atoms with Crippen molar-refractivity contribution < 1.29 is 9.82 Å². The molecular formula is C19H32BNO2. The highest BCUT2D eigenvalue weighted by molar-refractivity contribution is 6.51. The summed E-state index contributed by atoms with van der Waals surface area (Å²) in [7, 11) is 0. The third-order valence-corrected chi connectivity index (χ3v) is 7.86. The predicted molar refractivity (Wildman–Crippen MR) is 93.1 cm³/mol. The third kappa shape index (κ3) is 2.70. The van der Waals surface area contributed by atoms with E-state index in [1.54, 1.807) is 0 Å². The number of hydrogen-bond acceptors (Lipinski definition) is 3. The smallest absolute Gasteiger partial charge is 0.289 e. The molecule has 3 nitrogen and oxygen atoms in total. The molecule has 0 radical (unpaired) electrons. The lowest BCUT2D eigenvalue weighted by Crippen LogP contribution is -2.58. The fraction of sp³-hybridized carbons (Fsp3) is 0.947. The largest absolute Gasteiger partial charge is 0.450 e. The SMILES string of the molecule is CB(O)C1CCCCC1C(=O)C(N)C12CC3CC(CC(C3)C1)C2. The zero-order chi connectivity index (χ0) is 16.2. The van der Waals surface area contributed by atoms with Gasteiger partial charge in [-0.25, -0.2) is 0 Å². The maximum absolute atomic E-state index is 13.3. The molecule has 0 spiro atoms. The Morgan fingerprint density at radius 3 is 2.13 bits per heavy atom. The Balaban J connectivity index is 1.54. The topological polar surface area (TPSA) is 63.3 Å². The fourth-order valence-corrected chi connectivity index (χ4v) is 7.18. The first-order valence-corrected chi connectivity index (χ1v) is 9.96. The average Bonchev–Trinajstić information content (AvgIpc) is 2.52. The van der Waals surface area contributed by atoms with Gasteiger partial charge in [0.15, 0.2) is 5.78 Å². The summed E-state index contributed by atoms with van der Waals surface area (Å²) in [6.07, 6.45) is 11.9. The molecule has 5 saturated carbocycles. The van der Waals surface area contributed by atoms with Gasteiger partial charge in [-0.15, -0.1) is 0 Å². The molecular weight excluding hydrogens is 285 g/mol. The van der Waals surface area contributed by atoms with E-state index in [2.05, 4.69) is 0 Å². The van der Waals surface area contributed by atoms with Crippen molar-refractivity contribution in [3.05, 3.63) is 0 Å². The minimum Gasteiger partial charge on any atom is -0.450 e. The van der Waals surface area contributed by atoms with Gasteiger partial charge >= 0.3 is 0 Å². The lowest BCUT2D eigenvalue weighted by Gasteiger charge is -2.59. The molecule has 4 bridgehead atoms. The number of hydrogen-bond donors (Lipinski definition) is 2. The summed E-state index contributed by atoms with van der Waals surface area (Å²) in [5.41, 5.74) is 6.78. The molecule has 0 amide bonds. The van der Waals surface area contributed by atoms with E-state index in [1.807, 2.05) is 6.82 Å². The van der Waals surface area contributed by atoms with Crippen LogP contribution < -0.4 is 5.73 Å². The average molecular weight is 317 g/mol. The van der Waals surface area contributed by atoms with Crippen LogP contribution in [0.15, 0.2) is 0 Å². The van der Waals surface area contributed by atoms with E-state index in [-0.39, 0.29) is 35.9 Å². The van der Waals surface area contributed by atoms with Crippen LogP contribution in [0, 0.1) is 29.1 Å². The van der Waals surface area contributed by atoms with Crippen molar-refractivity contribution in [3.63, 3.8) is 0 Å². The van der Waals surface area contributed by atoms with Gasteiger partial charge in [-0.05, 0) is 73.9 Å². The first-order valence-electron chi connectivity index (χ1n) is 9.96. The van der Waals surface area contributed by atoms with Gasteiger partial charge < -0.3 is 10.8 Å². The zero-order valence-electron chi connectivity index (χ0n) is 14.5. The normalized spacial score (nSPS) is 46.7. The third-order valence-electron chi connectivity index (χ3n) is 7.86. The quantitative estimate of drug-likeness (QED) is 0.782. The molecule has 128 valence electrons. The van der Waals surface area contributed by atoms with Crippen molar-refractivity contribution in [2.45, 2.75) is 82.9 Å². The second-order valence-corrected chi connectivity index (χ2v) is 9.46. The monoisotopic (exact) mass is 317 g/mol. The molecule has 0 aliphatic heterocycles. The Labute approximate surface area is 140 Å². The summed E-state index contributed by atoms with van der Waals surface area (Å²) in [5, 5.41) is 10.1. The molecule has 5 aliphatic rings. The second-order valence-electron chi connectivity index (χ2n) is 9.46. The van der Waals surface area contributed by atoms with Crippen LogP contribution in [-0.2, 0) is 4.79 Å². The van der Waals surface area contributed by atoms with Gasteiger partial charge in [0.2, 0.25) is 0 Å². The molecule has 0 aromatic rings. The summed E-state index contributed by atoms with van der Waals surface area (Å²) in [4.78, 5) is 13.3. The highest BCUT2D eigenvalue weighted by Crippen LogP contribution is 2.61. The van der Waals surface area contributed by atoms with E-state index < -0.39 is 0 Å². The van der Waals surface area contributed by atoms with E-state index >= 15 is 0 Å². The van der Waals surface area contributed by atoms with Crippen LogP contribution in [0.25, 0.3) is 0 Å². The van der Waals surface area contributed by atoms with Crippen molar-refractivity contribution in [2.24, 2.45) is 34.8 Å². The molecule has 0 aromatic heterocycles. The molecule has 0 heterocycles. The Bertz CT molecular complexity index is 443. The van der Waals surface area contributed by atoms with Gasteiger partial charge in [0.05, 0.1) is 6.04 Å². The predicted octanol–water partition coefficient (Wildman–Crippen LogP) is 3.27. The minimum atomic E-state index is -0.382. The number of carbonyl (C=O) groups excluding carboxylic acids is 1. The molecule has 5 rings (SSSR count). The Hall–Kier alpha value is -0.345. The van der Waals surface area contributed by atoms with Crippen molar-refractivity contribution in [2.75, 3.05) is 0 Å². The minimum absolute atomic E-state index is 0.00625. The molecule has 5 fully saturated rings. The van der Waals surface area contributed by atoms with Crippen LogP contribution in [0.3, 0.4) is 0 Å². The molecule has 3 N–H and O–H groups in total. The number of nitrogens with two attached hydrogens (primary N) is 1. The van der Waals surface area contributed by atoms with E-state index in [9.17, 15) is 9.82 Å². The summed E-state index contributed by atoms with van der Waals surface area (Å²) in [6, 6.07) is -0.278. The van der Waals surface area contributed by atoms with Crippen LogP contribution in [0.4, 0.5) is 0 Å². The Kier molecular flexibility index (Phi) is 4.12. The maximum atomic E-state index is 13.3. The summed E-state index contributed by atoms with van der Waals surface area (Å²) in [5.74, 6) is 2.93. The number of ketones is 1. The van der Waals surface area contributed by atoms with Crippen LogP contribution >= 0.6 is 0 Å². The molecule has 0 saturated heterocycles. The van der Waals surface area contributed by atoms with Crippen LogP contribution in [-0.4, -0.2) is 23.8 Å². The molecule has 4 heteroatoms. The molecule has 3 unspecified atom stereocenters. The first kappa shape index (κ1) is 16.1. The van der Waals surface area contributed by atoms with Crippen LogP contribution in [0.1, 0.15) is 64.2 Å². The van der Waals surface area contributed by atoms with Gasteiger partial charge in [-0.1, -0.05) is 26.1 Å². The van der Waals surface area contributed by atoms with Gasteiger partial charge in [0.1, 0.15) is 0 Å². The van der Waals surface area contributed by atoms with Gasteiger partial charge in [0.25, 0.3) is 6.92 Å². The molecule has 23 heavy (non-hydrogen) atoms. The Morgan fingerprint density at radius 2 is 1.61 bits per heavy atom. The van der Waals surface area contributed by atoms with Crippen molar-refractivity contribution in [3.8, 4) is 0 Å². The number of rotatable bonds is 4. The van der Waals surface area contributed by atoms with E-state index in [4.69, 9.17) is 5.73 Å². The molecule has 0 aromatic carbocycles. The molecule has 3 atom stereocenters. The van der Waals surface area contributed by atoms with E-state index in [1.165, 1.54) is 38.5 Å². The second kappa shape index (κ2) is 5.88. The van der Waals surface area contributed by atoms with Crippen LogP contribution in [0.2, 0.25) is 12.6 Å². The number of Topliss-reactive ketones (excluding diaryl/α,β-unsaturated/α-hetero) is 1. The summed E-state index contributed by atoms with van der Waals surface area (Å²) in [6.45, 7) is 1.47. The lowest BCUT2D eigenvalue weighted by molar-refractivity contribution is -0.135. The highest BCUT2D eigenvalue weighted by atomic mass is 16.2. The standard InChI is InChI=1S/C19H32BNO2/c1-20(23)16-5-3-2-4-15(16)17(22)18(21)19-9-12-6-13(10-19)8-14(7-12)11-19/h12-16,18,23H,2-11,21H2,1H3. The maximum Gasteiger partial charge on any atom is 0.289 e.